The quantitative estimate of drug-likeness (QED) is 0.820. The average Bonchev–Trinajstić information content (AvgIpc) is 2.55. The minimum atomic E-state index is -0.337. The zero-order valence-corrected chi connectivity index (χ0v) is 13.3. The maximum absolute atomic E-state index is 10.0. The molecule has 2 N–H and O–H groups in total. The summed E-state index contributed by atoms with van der Waals surface area (Å²) >= 11 is 0. The second-order valence-corrected chi connectivity index (χ2v) is 7.23. The molecule has 2 heterocycles. The van der Waals surface area contributed by atoms with Gasteiger partial charge in [0.2, 0.25) is 5.95 Å². The number of aryl methyl sites for hydroxylation is 2. The molecule has 1 aromatic heterocycles. The normalized spacial score (nSPS) is 30.0. The Kier molecular flexibility index (Phi) is 3.38. The summed E-state index contributed by atoms with van der Waals surface area (Å²) in [6, 6.07) is 0. The molecule has 1 saturated carbocycles. The highest BCUT2D eigenvalue weighted by atomic mass is 16.3. The van der Waals surface area contributed by atoms with E-state index in [1.807, 2.05) is 0 Å². The van der Waals surface area contributed by atoms with Gasteiger partial charge in [0.1, 0.15) is 0 Å². The number of aliphatic hydroxyl groups is 2. The van der Waals surface area contributed by atoms with E-state index in [0.29, 0.717) is 6.42 Å². The summed E-state index contributed by atoms with van der Waals surface area (Å²) in [6.07, 6.45) is 6.18. The molecule has 1 spiro atoms. The van der Waals surface area contributed by atoms with E-state index in [-0.39, 0.29) is 17.6 Å². The fourth-order valence-corrected chi connectivity index (χ4v) is 4.44. The summed E-state index contributed by atoms with van der Waals surface area (Å²) in [6.45, 7) is 3.75. The third kappa shape index (κ3) is 2.06. The van der Waals surface area contributed by atoms with Crippen LogP contribution in [-0.2, 0) is 12.8 Å². The van der Waals surface area contributed by atoms with Gasteiger partial charge in [-0.2, -0.15) is 0 Å². The Balaban J connectivity index is 1.53. The van der Waals surface area contributed by atoms with Gasteiger partial charge in [-0.1, -0.05) is 0 Å². The smallest absolute Gasteiger partial charge is 0.225 e. The minimum absolute atomic E-state index is 0.264. The highest BCUT2D eigenvalue weighted by molar-refractivity contribution is 5.39. The zero-order valence-electron chi connectivity index (χ0n) is 13.3. The molecule has 0 amide bonds. The van der Waals surface area contributed by atoms with Crippen molar-refractivity contribution in [1.29, 1.82) is 0 Å². The first-order valence-corrected chi connectivity index (χ1v) is 8.57. The van der Waals surface area contributed by atoms with Crippen LogP contribution in [0, 0.1) is 12.3 Å². The van der Waals surface area contributed by atoms with Gasteiger partial charge in [-0.3, -0.25) is 0 Å². The molecule has 5 nitrogen and oxygen atoms in total. The summed E-state index contributed by atoms with van der Waals surface area (Å²) < 4.78 is 0. The van der Waals surface area contributed by atoms with Crippen LogP contribution in [-0.4, -0.2) is 45.5 Å². The largest absolute Gasteiger partial charge is 0.392 e. The van der Waals surface area contributed by atoms with Crippen molar-refractivity contribution in [3.05, 3.63) is 17.0 Å². The molecule has 2 atom stereocenters. The second-order valence-electron chi connectivity index (χ2n) is 7.23. The highest BCUT2D eigenvalue weighted by Crippen LogP contribution is 2.49. The summed E-state index contributed by atoms with van der Waals surface area (Å²) in [5, 5.41) is 20.1. The average molecular weight is 303 g/mol. The monoisotopic (exact) mass is 303 g/mol. The lowest BCUT2D eigenvalue weighted by Gasteiger charge is -2.55. The van der Waals surface area contributed by atoms with Gasteiger partial charge in [-0.05, 0) is 51.0 Å². The minimum Gasteiger partial charge on any atom is -0.392 e. The number of piperidine rings is 1. The number of aliphatic hydroxyl groups excluding tert-OH is 2. The third-order valence-corrected chi connectivity index (χ3v) is 6.13. The first kappa shape index (κ1) is 14.4. The van der Waals surface area contributed by atoms with Crippen LogP contribution in [0.3, 0.4) is 0 Å². The topological polar surface area (TPSA) is 69.5 Å². The fraction of sp³-hybridized carbons (Fsp3) is 0.765. The lowest BCUT2D eigenvalue weighted by Crippen LogP contribution is -2.61. The van der Waals surface area contributed by atoms with Crippen molar-refractivity contribution in [2.45, 2.75) is 64.1 Å². The molecule has 5 heteroatoms. The predicted octanol–water partition coefficient (Wildman–Crippen LogP) is 1.38. The molecule has 2 aliphatic carbocycles. The third-order valence-electron chi connectivity index (χ3n) is 6.13. The van der Waals surface area contributed by atoms with Crippen LogP contribution in [0.2, 0.25) is 0 Å². The van der Waals surface area contributed by atoms with Crippen molar-refractivity contribution in [3.8, 4) is 0 Å². The first-order chi connectivity index (χ1) is 10.6. The van der Waals surface area contributed by atoms with Crippen LogP contribution >= 0.6 is 0 Å². The van der Waals surface area contributed by atoms with Gasteiger partial charge < -0.3 is 15.1 Å². The van der Waals surface area contributed by atoms with Crippen LogP contribution in [0.4, 0.5) is 5.95 Å². The molecular formula is C17H25N3O2. The molecule has 0 radical (unpaired) electrons. The van der Waals surface area contributed by atoms with Crippen molar-refractivity contribution in [1.82, 2.24) is 9.97 Å². The van der Waals surface area contributed by atoms with Crippen molar-refractivity contribution < 1.29 is 10.2 Å². The number of anilines is 1. The van der Waals surface area contributed by atoms with Crippen molar-refractivity contribution in [2.75, 3.05) is 18.0 Å². The Labute approximate surface area is 131 Å². The molecule has 2 fully saturated rings. The second kappa shape index (κ2) is 5.17. The lowest BCUT2D eigenvalue weighted by atomic mass is 9.58. The highest BCUT2D eigenvalue weighted by Gasteiger charge is 2.54. The van der Waals surface area contributed by atoms with Gasteiger partial charge >= 0.3 is 0 Å². The Morgan fingerprint density at radius 2 is 1.73 bits per heavy atom. The van der Waals surface area contributed by atoms with Gasteiger partial charge in [0, 0.05) is 36.3 Å². The van der Waals surface area contributed by atoms with Gasteiger partial charge in [0.05, 0.1) is 12.2 Å². The van der Waals surface area contributed by atoms with Crippen molar-refractivity contribution >= 4 is 5.95 Å². The molecule has 4 rings (SSSR count). The number of aromatic nitrogens is 2. The number of hydrogen-bond acceptors (Lipinski definition) is 5. The van der Waals surface area contributed by atoms with Crippen LogP contribution < -0.4 is 4.90 Å². The van der Waals surface area contributed by atoms with Crippen LogP contribution in [0.5, 0.6) is 0 Å². The van der Waals surface area contributed by atoms with Crippen LogP contribution in [0.25, 0.3) is 0 Å². The van der Waals surface area contributed by atoms with E-state index >= 15 is 0 Å². The van der Waals surface area contributed by atoms with E-state index in [1.165, 1.54) is 24.1 Å². The molecule has 0 aromatic carbocycles. The Morgan fingerprint density at radius 3 is 2.41 bits per heavy atom. The summed E-state index contributed by atoms with van der Waals surface area (Å²) in [7, 11) is 0. The van der Waals surface area contributed by atoms with E-state index in [0.717, 1.165) is 50.4 Å². The molecule has 3 aliphatic rings. The van der Waals surface area contributed by atoms with Crippen molar-refractivity contribution in [2.24, 2.45) is 5.41 Å². The number of fused-ring (bicyclic) bond motifs is 1. The maximum Gasteiger partial charge on any atom is 0.225 e. The van der Waals surface area contributed by atoms with E-state index in [2.05, 4.69) is 11.8 Å². The summed E-state index contributed by atoms with van der Waals surface area (Å²) in [5.41, 5.74) is 3.45. The van der Waals surface area contributed by atoms with Crippen LogP contribution in [0.1, 0.15) is 49.1 Å². The van der Waals surface area contributed by atoms with E-state index in [1.54, 1.807) is 0 Å². The number of nitrogens with zero attached hydrogens (tertiary/aromatic N) is 3. The number of hydrogen-bond donors (Lipinski definition) is 2. The number of rotatable bonds is 1. The van der Waals surface area contributed by atoms with E-state index in [9.17, 15) is 10.2 Å². The molecule has 1 saturated heterocycles. The Bertz CT molecular complexity index is 572. The van der Waals surface area contributed by atoms with E-state index < -0.39 is 0 Å². The molecular weight excluding hydrogens is 278 g/mol. The standard InChI is InChI=1S/C17H25N3O2/c1-11-12-4-2-3-5-13(12)19-16(18-11)20-8-6-17(7-9-20)14(21)10-15(17)22/h14-15,21-22H,2-10H2,1H3/t14-,15+. The summed E-state index contributed by atoms with van der Waals surface area (Å²) in [4.78, 5) is 11.8. The first-order valence-electron chi connectivity index (χ1n) is 8.57. The molecule has 22 heavy (non-hydrogen) atoms. The predicted molar refractivity (Wildman–Crippen MR) is 83.9 cm³/mol. The van der Waals surface area contributed by atoms with Gasteiger partial charge in [-0.15, -0.1) is 0 Å². The Morgan fingerprint density at radius 1 is 1.05 bits per heavy atom. The Hall–Kier alpha value is -1.20. The van der Waals surface area contributed by atoms with Crippen molar-refractivity contribution in [3.63, 3.8) is 0 Å². The van der Waals surface area contributed by atoms with E-state index in [4.69, 9.17) is 9.97 Å². The SMILES string of the molecule is Cc1nc(N2CCC3(CC2)[C@H](O)C[C@@H]3O)nc2c1CCCC2. The summed E-state index contributed by atoms with van der Waals surface area (Å²) in [5.74, 6) is 0.844. The van der Waals surface area contributed by atoms with Gasteiger partial charge in [0.25, 0.3) is 0 Å². The van der Waals surface area contributed by atoms with Gasteiger partial charge in [-0.25, -0.2) is 9.97 Å². The molecule has 0 unspecified atom stereocenters. The van der Waals surface area contributed by atoms with Gasteiger partial charge in [0.15, 0.2) is 0 Å². The maximum atomic E-state index is 10.0. The zero-order chi connectivity index (χ0) is 15.3. The van der Waals surface area contributed by atoms with Crippen LogP contribution in [0.15, 0.2) is 0 Å². The fourth-order valence-electron chi connectivity index (χ4n) is 4.44. The molecule has 1 aliphatic heterocycles. The molecule has 120 valence electrons. The lowest BCUT2D eigenvalue weighted by molar-refractivity contribution is -0.178. The molecule has 1 aromatic rings. The molecule has 0 bridgehead atoms.